The van der Waals surface area contributed by atoms with E-state index in [9.17, 15) is 14.0 Å². The highest BCUT2D eigenvalue weighted by Gasteiger charge is 2.32. The summed E-state index contributed by atoms with van der Waals surface area (Å²) in [7, 11) is 1.58. The molecule has 3 aromatic carbocycles. The van der Waals surface area contributed by atoms with Crippen molar-refractivity contribution in [1.29, 1.82) is 0 Å². The minimum atomic E-state index is -0.449. The van der Waals surface area contributed by atoms with Crippen LogP contribution in [0.15, 0.2) is 60.7 Å². The Labute approximate surface area is 167 Å². The van der Waals surface area contributed by atoms with E-state index in [1.807, 2.05) is 6.07 Å². The molecule has 0 aliphatic carbocycles. The number of ether oxygens (including phenoxy) is 1. The van der Waals surface area contributed by atoms with E-state index in [2.05, 4.69) is 5.32 Å². The number of rotatable bonds is 4. The molecular weight excluding hydrogens is 371 g/mol. The first-order valence-corrected chi connectivity index (χ1v) is 9.13. The molecule has 0 fully saturated rings. The smallest absolute Gasteiger partial charge is 0.259 e. The molecule has 2 amide bonds. The van der Waals surface area contributed by atoms with E-state index in [0.717, 1.165) is 11.3 Å². The monoisotopic (exact) mass is 390 g/mol. The van der Waals surface area contributed by atoms with Gasteiger partial charge in [0.1, 0.15) is 11.6 Å². The standard InChI is InChI=1S/C23H19FN2O3/c1-14-6-7-16(12-20(14)24)25-22(27)19-5-3-4-15-13-26(23(28)21(15)19)17-8-10-18(29-2)11-9-17/h3-12H,13H2,1-2H3,(H,25,27). The molecule has 0 aromatic heterocycles. The lowest BCUT2D eigenvalue weighted by atomic mass is 10.0. The van der Waals surface area contributed by atoms with Crippen LogP contribution in [0.4, 0.5) is 15.8 Å². The maximum atomic E-state index is 13.8. The number of amides is 2. The molecule has 5 nitrogen and oxygen atoms in total. The van der Waals surface area contributed by atoms with Crippen LogP contribution < -0.4 is 15.0 Å². The van der Waals surface area contributed by atoms with E-state index in [1.165, 1.54) is 6.07 Å². The lowest BCUT2D eigenvalue weighted by molar-refractivity contribution is 0.0976. The highest BCUT2D eigenvalue weighted by Crippen LogP contribution is 2.31. The van der Waals surface area contributed by atoms with Gasteiger partial charge in [0.05, 0.1) is 24.8 Å². The fourth-order valence-corrected chi connectivity index (χ4v) is 3.39. The summed E-state index contributed by atoms with van der Waals surface area (Å²) < 4.78 is 18.9. The van der Waals surface area contributed by atoms with Crippen molar-refractivity contribution in [3.63, 3.8) is 0 Å². The van der Waals surface area contributed by atoms with E-state index in [1.54, 1.807) is 67.5 Å². The van der Waals surface area contributed by atoms with Crippen molar-refractivity contribution in [3.05, 3.63) is 88.7 Å². The summed E-state index contributed by atoms with van der Waals surface area (Å²) in [5.41, 5.74) is 2.97. The lowest BCUT2D eigenvalue weighted by Gasteiger charge is -2.16. The minimum absolute atomic E-state index is 0.244. The zero-order valence-corrected chi connectivity index (χ0v) is 16.0. The fourth-order valence-electron chi connectivity index (χ4n) is 3.39. The van der Waals surface area contributed by atoms with Crippen LogP contribution >= 0.6 is 0 Å². The molecule has 3 aromatic rings. The summed E-state index contributed by atoms with van der Waals surface area (Å²) in [5, 5.41) is 2.68. The Bertz CT molecular complexity index is 1110. The highest BCUT2D eigenvalue weighted by atomic mass is 19.1. The average molecular weight is 390 g/mol. The number of halogens is 1. The quantitative estimate of drug-likeness (QED) is 0.711. The fraction of sp³-hybridized carbons (Fsp3) is 0.130. The van der Waals surface area contributed by atoms with Crippen molar-refractivity contribution >= 4 is 23.2 Å². The van der Waals surface area contributed by atoms with Crippen LogP contribution in [-0.4, -0.2) is 18.9 Å². The number of carbonyl (C=O) groups is 2. The number of hydrogen-bond acceptors (Lipinski definition) is 3. The zero-order valence-electron chi connectivity index (χ0n) is 16.0. The number of hydrogen-bond donors (Lipinski definition) is 1. The van der Waals surface area contributed by atoms with Crippen LogP contribution in [-0.2, 0) is 6.54 Å². The van der Waals surface area contributed by atoms with Gasteiger partial charge in [0, 0.05) is 11.4 Å². The van der Waals surface area contributed by atoms with Gasteiger partial charge in [-0.1, -0.05) is 18.2 Å². The van der Waals surface area contributed by atoms with Crippen LogP contribution in [0.1, 0.15) is 31.8 Å². The molecule has 0 radical (unpaired) electrons. The number of methoxy groups -OCH3 is 1. The third-order valence-corrected chi connectivity index (χ3v) is 5.00. The van der Waals surface area contributed by atoms with Gasteiger partial charge in [-0.3, -0.25) is 9.59 Å². The first-order chi connectivity index (χ1) is 14.0. The molecule has 0 saturated carbocycles. The molecule has 0 spiro atoms. The molecule has 1 heterocycles. The van der Waals surface area contributed by atoms with Gasteiger partial charge in [-0.15, -0.1) is 0 Å². The molecule has 0 unspecified atom stereocenters. The summed E-state index contributed by atoms with van der Waals surface area (Å²) in [4.78, 5) is 27.5. The zero-order chi connectivity index (χ0) is 20.5. The van der Waals surface area contributed by atoms with Gasteiger partial charge in [0.25, 0.3) is 11.8 Å². The van der Waals surface area contributed by atoms with Gasteiger partial charge < -0.3 is 15.0 Å². The Balaban J connectivity index is 1.62. The molecular formula is C23H19FN2O3. The number of anilines is 2. The van der Waals surface area contributed by atoms with E-state index in [4.69, 9.17) is 4.74 Å². The van der Waals surface area contributed by atoms with Crippen molar-refractivity contribution in [3.8, 4) is 5.75 Å². The van der Waals surface area contributed by atoms with Crippen LogP contribution in [0.3, 0.4) is 0 Å². The van der Waals surface area contributed by atoms with Crippen LogP contribution in [0.25, 0.3) is 0 Å². The molecule has 0 atom stereocenters. The lowest BCUT2D eigenvalue weighted by Crippen LogP contribution is -2.24. The maximum absolute atomic E-state index is 13.8. The van der Waals surface area contributed by atoms with Crippen molar-refractivity contribution in [2.45, 2.75) is 13.5 Å². The molecule has 29 heavy (non-hydrogen) atoms. The SMILES string of the molecule is COc1ccc(N2Cc3cccc(C(=O)Nc4ccc(C)c(F)c4)c3C2=O)cc1. The second kappa shape index (κ2) is 7.39. The molecule has 1 aliphatic rings. The first kappa shape index (κ1) is 18.7. The third-order valence-electron chi connectivity index (χ3n) is 5.00. The topological polar surface area (TPSA) is 58.6 Å². The normalized spacial score (nSPS) is 12.7. The number of benzene rings is 3. The molecule has 4 rings (SSSR count). The highest BCUT2D eigenvalue weighted by molar-refractivity contribution is 6.18. The van der Waals surface area contributed by atoms with E-state index in [-0.39, 0.29) is 11.5 Å². The Hall–Kier alpha value is -3.67. The summed E-state index contributed by atoms with van der Waals surface area (Å²) >= 11 is 0. The van der Waals surface area contributed by atoms with Crippen molar-refractivity contribution in [2.75, 3.05) is 17.3 Å². The Morgan fingerprint density at radius 2 is 1.86 bits per heavy atom. The Morgan fingerprint density at radius 1 is 1.10 bits per heavy atom. The molecule has 1 aliphatic heterocycles. The predicted molar refractivity (Wildman–Crippen MR) is 109 cm³/mol. The average Bonchev–Trinajstić information content (AvgIpc) is 3.07. The number of nitrogens with one attached hydrogen (secondary N) is 1. The van der Waals surface area contributed by atoms with Crippen molar-refractivity contribution in [2.24, 2.45) is 0 Å². The van der Waals surface area contributed by atoms with Gasteiger partial charge in [0.2, 0.25) is 0 Å². The number of aryl methyl sites for hydroxylation is 1. The van der Waals surface area contributed by atoms with E-state index in [0.29, 0.717) is 29.1 Å². The minimum Gasteiger partial charge on any atom is -0.497 e. The van der Waals surface area contributed by atoms with Gasteiger partial charge in [-0.05, 0) is 60.5 Å². The van der Waals surface area contributed by atoms with Crippen LogP contribution in [0.2, 0.25) is 0 Å². The molecule has 0 bridgehead atoms. The molecule has 1 N–H and O–H groups in total. The Kier molecular flexibility index (Phi) is 4.76. The van der Waals surface area contributed by atoms with Gasteiger partial charge in [-0.25, -0.2) is 4.39 Å². The third kappa shape index (κ3) is 3.45. The number of carbonyl (C=O) groups excluding carboxylic acids is 2. The summed E-state index contributed by atoms with van der Waals surface area (Å²) in [5.74, 6) is -0.396. The second-order valence-electron chi connectivity index (χ2n) is 6.85. The molecule has 146 valence electrons. The summed E-state index contributed by atoms with van der Waals surface area (Å²) in [6.07, 6.45) is 0. The molecule has 0 saturated heterocycles. The van der Waals surface area contributed by atoms with Crippen molar-refractivity contribution < 1.29 is 18.7 Å². The largest absolute Gasteiger partial charge is 0.497 e. The molecule has 6 heteroatoms. The van der Waals surface area contributed by atoms with Gasteiger partial charge >= 0.3 is 0 Å². The summed E-state index contributed by atoms with van der Waals surface area (Å²) in [6.45, 7) is 2.03. The first-order valence-electron chi connectivity index (χ1n) is 9.13. The van der Waals surface area contributed by atoms with Crippen LogP contribution in [0.5, 0.6) is 5.75 Å². The second-order valence-corrected chi connectivity index (χ2v) is 6.85. The summed E-state index contributed by atoms with van der Waals surface area (Å²) in [6, 6.07) is 16.8. The van der Waals surface area contributed by atoms with Crippen LogP contribution in [0, 0.1) is 12.7 Å². The Morgan fingerprint density at radius 3 is 2.55 bits per heavy atom. The van der Waals surface area contributed by atoms with Crippen molar-refractivity contribution in [1.82, 2.24) is 0 Å². The maximum Gasteiger partial charge on any atom is 0.259 e. The van der Waals surface area contributed by atoms with Gasteiger partial charge in [0.15, 0.2) is 0 Å². The van der Waals surface area contributed by atoms with E-state index >= 15 is 0 Å². The predicted octanol–water partition coefficient (Wildman–Crippen LogP) is 4.56. The van der Waals surface area contributed by atoms with E-state index < -0.39 is 11.7 Å². The van der Waals surface area contributed by atoms with Gasteiger partial charge in [-0.2, -0.15) is 0 Å². The number of nitrogens with zero attached hydrogens (tertiary/aromatic N) is 1. The number of fused-ring (bicyclic) bond motifs is 1.